The average molecular weight is 331 g/mol. The quantitative estimate of drug-likeness (QED) is 0.550. The molecular formula is C16H34N4OS. The van der Waals surface area contributed by atoms with Gasteiger partial charge in [-0.1, -0.05) is 0 Å². The van der Waals surface area contributed by atoms with Gasteiger partial charge >= 0.3 is 0 Å². The first-order valence-electron chi connectivity index (χ1n) is 8.30. The van der Waals surface area contributed by atoms with Crippen LogP contribution in [0.2, 0.25) is 0 Å². The number of guanidine groups is 1. The monoisotopic (exact) mass is 330 g/mol. The molecule has 1 fully saturated rings. The van der Waals surface area contributed by atoms with Gasteiger partial charge in [0, 0.05) is 36.5 Å². The Bertz CT molecular complexity index is 349. The van der Waals surface area contributed by atoms with Gasteiger partial charge in [-0.05, 0) is 40.9 Å². The summed E-state index contributed by atoms with van der Waals surface area (Å²) in [5.74, 6) is 0.914. The van der Waals surface area contributed by atoms with E-state index >= 15 is 0 Å². The van der Waals surface area contributed by atoms with E-state index in [4.69, 9.17) is 9.73 Å². The van der Waals surface area contributed by atoms with Crippen LogP contribution in [0.5, 0.6) is 0 Å². The smallest absolute Gasteiger partial charge is 0.191 e. The van der Waals surface area contributed by atoms with E-state index in [9.17, 15) is 0 Å². The molecule has 0 spiro atoms. The number of thioether (sulfide) groups is 1. The fourth-order valence-electron chi connectivity index (χ4n) is 2.43. The Hall–Kier alpha value is -0.460. The summed E-state index contributed by atoms with van der Waals surface area (Å²) in [6.45, 7) is 16.3. The highest BCUT2D eigenvalue weighted by Crippen LogP contribution is 2.20. The van der Waals surface area contributed by atoms with Gasteiger partial charge in [0.15, 0.2) is 5.96 Å². The Morgan fingerprint density at radius 2 is 2.18 bits per heavy atom. The number of ether oxygens (including phenoxy) is 1. The van der Waals surface area contributed by atoms with Gasteiger partial charge in [-0.15, -0.1) is 0 Å². The number of hydrogen-bond acceptors (Lipinski definition) is 4. The molecule has 130 valence electrons. The molecule has 2 atom stereocenters. The van der Waals surface area contributed by atoms with Gasteiger partial charge in [-0.25, -0.2) is 0 Å². The highest BCUT2D eigenvalue weighted by molar-refractivity contribution is 7.99. The number of nitrogens with zero attached hydrogens (tertiary/aromatic N) is 2. The zero-order valence-corrected chi connectivity index (χ0v) is 15.9. The normalized spacial score (nSPS) is 22.5. The van der Waals surface area contributed by atoms with Crippen molar-refractivity contribution in [1.29, 1.82) is 0 Å². The first-order valence-corrected chi connectivity index (χ1v) is 9.53. The van der Waals surface area contributed by atoms with E-state index < -0.39 is 0 Å². The maximum atomic E-state index is 5.51. The lowest BCUT2D eigenvalue weighted by Gasteiger charge is -2.38. The van der Waals surface area contributed by atoms with E-state index in [1.165, 1.54) is 0 Å². The number of hydrogen-bond donors (Lipinski definition) is 2. The maximum absolute atomic E-state index is 5.51. The molecule has 2 N–H and O–H groups in total. The fraction of sp³-hybridized carbons (Fsp3) is 0.938. The summed E-state index contributed by atoms with van der Waals surface area (Å²) < 4.78 is 5.69. The minimum absolute atomic E-state index is 0.173. The number of rotatable bonds is 7. The number of morpholine rings is 1. The standard InChI is InChI=1S/C16H34N4OS/c1-7-17-15(19-12-16(4,5)22-6)18-10-13(2)20-8-9-21-11-14(20)3/h13-14H,7-12H2,1-6H3,(H2,17,18,19). The maximum Gasteiger partial charge on any atom is 0.191 e. The van der Waals surface area contributed by atoms with E-state index in [0.717, 1.165) is 45.4 Å². The molecule has 0 aliphatic carbocycles. The summed E-state index contributed by atoms with van der Waals surface area (Å²) in [6.07, 6.45) is 2.14. The highest BCUT2D eigenvalue weighted by Gasteiger charge is 2.23. The lowest BCUT2D eigenvalue weighted by molar-refractivity contribution is -0.0174. The fourth-order valence-corrected chi connectivity index (χ4v) is 2.63. The van der Waals surface area contributed by atoms with Crippen LogP contribution in [0.4, 0.5) is 0 Å². The molecule has 1 rings (SSSR count). The molecule has 5 nitrogen and oxygen atoms in total. The topological polar surface area (TPSA) is 48.9 Å². The Kier molecular flexibility index (Phi) is 8.57. The second-order valence-corrected chi connectivity index (χ2v) is 8.06. The van der Waals surface area contributed by atoms with Crippen LogP contribution in [0.1, 0.15) is 34.6 Å². The molecule has 0 bridgehead atoms. The van der Waals surface area contributed by atoms with Crippen molar-refractivity contribution in [2.75, 3.05) is 45.6 Å². The Morgan fingerprint density at radius 3 is 2.77 bits per heavy atom. The van der Waals surface area contributed by atoms with Gasteiger partial charge in [-0.2, -0.15) is 11.8 Å². The second kappa shape index (κ2) is 9.63. The summed E-state index contributed by atoms with van der Waals surface area (Å²) in [5.41, 5.74) is 0. The SMILES string of the molecule is CCNC(=NCC(C)(C)SC)NCC(C)N1CCOCC1C. The molecule has 22 heavy (non-hydrogen) atoms. The molecule has 0 saturated carbocycles. The van der Waals surface area contributed by atoms with Crippen molar-refractivity contribution < 1.29 is 4.74 Å². The van der Waals surface area contributed by atoms with Gasteiger partial charge in [0.2, 0.25) is 0 Å². The minimum Gasteiger partial charge on any atom is -0.379 e. The lowest BCUT2D eigenvalue weighted by atomic mass is 10.2. The van der Waals surface area contributed by atoms with Crippen molar-refractivity contribution in [3.63, 3.8) is 0 Å². The van der Waals surface area contributed by atoms with Crippen molar-refractivity contribution in [1.82, 2.24) is 15.5 Å². The summed E-state index contributed by atoms with van der Waals surface area (Å²) in [7, 11) is 0. The molecule has 1 aliphatic heterocycles. The average Bonchev–Trinajstić information content (AvgIpc) is 2.50. The van der Waals surface area contributed by atoms with Crippen molar-refractivity contribution in [2.45, 2.75) is 51.4 Å². The molecule has 0 aromatic rings. The van der Waals surface area contributed by atoms with Crippen LogP contribution in [-0.2, 0) is 4.74 Å². The van der Waals surface area contributed by atoms with Crippen LogP contribution in [0, 0.1) is 0 Å². The molecule has 0 radical (unpaired) electrons. The van der Waals surface area contributed by atoms with Crippen molar-refractivity contribution in [3.8, 4) is 0 Å². The van der Waals surface area contributed by atoms with Crippen LogP contribution in [0.25, 0.3) is 0 Å². The van der Waals surface area contributed by atoms with Crippen LogP contribution in [0.15, 0.2) is 4.99 Å². The number of nitrogens with one attached hydrogen (secondary N) is 2. The van der Waals surface area contributed by atoms with Crippen molar-refractivity contribution in [2.24, 2.45) is 4.99 Å². The molecule has 2 unspecified atom stereocenters. The third-order valence-electron chi connectivity index (χ3n) is 4.06. The Morgan fingerprint density at radius 1 is 1.45 bits per heavy atom. The third-order valence-corrected chi connectivity index (χ3v) is 5.30. The van der Waals surface area contributed by atoms with E-state index in [1.807, 2.05) is 11.8 Å². The molecule has 0 amide bonds. The summed E-state index contributed by atoms with van der Waals surface area (Å²) in [6, 6.07) is 0.955. The van der Waals surface area contributed by atoms with Crippen LogP contribution < -0.4 is 10.6 Å². The van der Waals surface area contributed by atoms with E-state index in [2.05, 4.69) is 56.4 Å². The second-order valence-electron chi connectivity index (χ2n) is 6.55. The molecule has 6 heteroatoms. The van der Waals surface area contributed by atoms with Crippen LogP contribution in [0.3, 0.4) is 0 Å². The van der Waals surface area contributed by atoms with Crippen LogP contribution >= 0.6 is 11.8 Å². The number of aliphatic imine (C=N–C) groups is 1. The Labute approximate surface area is 140 Å². The first kappa shape index (κ1) is 19.6. The third kappa shape index (κ3) is 6.75. The van der Waals surface area contributed by atoms with Gasteiger partial charge in [0.25, 0.3) is 0 Å². The zero-order chi connectivity index (χ0) is 16.6. The summed E-state index contributed by atoms with van der Waals surface area (Å²) in [4.78, 5) is 7.23. The first-order chi connectivity index (χ1) is 10.4. The Balaban J connectivity index is 2.50. The minimum atomic E-state index is 0.173. The molecule has 0 aromatic carbocycles. The molecule has 1 saturated heterocycles. The van der Waals surface area contributed by atoms with Crippen molar-refractivity contribution >= 4 is 17.7 Å². The largest absolute Gasteiger partial charge is 0.379 e. The molecule has 0 aromatic heterocycles. The van der Waals surface area contributed by atoms with Gasteiger partial charge < -0.3 is 15.4 Å². The molecule has 1 aliphatic rings. The molecular weight excluding hydrogens is 296 g/mol. The van der Waals surface area contributed by atoms with E-state index in [-0.39, 0.29) is 4.75 Å². The van der Waals surface area contributed by atoms with E-state index in [1.54, 1.807) is 0 Å². The van der Waals surface area contributed by atoms with Gasteiger partial charge in [0.1, 0.15) is 0 Å². The zero-order valence-electron chi connectivity index (χ0n) is 15.1. The summed E-state index contributed by atoms with van der Waals surface area (Å²) >= 11 is 1.85. The predicted molar refractivity (Wildman–Crippen MR) is 98.0 cm³/mol. The highest BCUT2D eigenvalue weighted by atomic mass is 32.2. The summed E-state index contributed by atoms with van der Waals surface area (Å²) in [5, 5.41) is 6.82. The van der Waals surface area contributed by atoms with Crippen LogP contribution in [-0.4, -0.2) is 73.3 Å². The predicted octanol–water partition coefficient (Wildman–Crippen LogP) is 1.79. The molecule has 1 heterocycles. The van der Waals surface area contributed by atoms with E-state index in [0.29, 0.717) is 12.1 Å². The lowest BCUT2D eigenvalue weighted by Crippen LogP contribution is -2.53. The van der Waals surface area contributed by atoms with Gasteiger partial charge in [0.05, 0.1) is 19.8 Å². The van der Waals surface area contributed by atoms with Crippen molar-refractivity contribution in [3.05, 3.63) is 0 Å². The van der Waals surface area contributed by atoms with Gasteiger partial charge in [-0.3, -0.25) is 9.89 Å².